The average molecular weight is 287 g/mol. The number of carbonyl (C=O) groups is 1. The summed E-state index contributed by atoms with van der Waals surface area (Å²) in [5, 5.41) is 18.2. The molecular formula is C17H9N3O2. The molecule has 3 rings (SSSR count). The third-order valence-electron chi connectivity index (χ3n) is 3.23. The average Bonchev–Trinajstić information content (AvgIpc) is 3.09. The number of ether oxygens (including phenoxy) is 1. The number of para-hydroxylation sites is 1. The number of H-pyrrole nitrogens is 1. The number of hydrogen-bond acceptors (Lipinski definition) is 4. The van der Waals surface area contributed by atoms with Crippen LogP contribution in [-0.2, 0) is 0 Å². The van der Waals surface area contributed by atoms with Crippen LogP contribution in [-0.4, -0.2) is 10.8 Å². The Balaban J connectivity index is 2.16. The molecule has 0 amide bonds. The fraction of sp³-hybridized carbons (Fsp3) is 0. The van der Waals surface area contributed by atoms with Crippen LogP contribution < -0.4 is 4.74 Å². The molecule has 1 N–H and O–H groups in total. The molecular weight excluding hydrogens is 278 g/mol. The Hall–Kier alpha value is -3.57. The molecule has 1 aliphatic heterocycles. The number of benzene rings is 1. The van der Waals surface area contributed by atoms with Crippen molar-refractivity contribution in [3.63, 3.8) is 0 Å². The van der Waals surface area contributed by atoms with Gasteiger partial charge in [0.15, 0.2) is 5.76 Å². The summed E-state index contributed by atoms with van der Waals surface area (Å²) >= 11 is 0. The molecule has 2 heterocycles. The fourth-order valence-electron chi connectivity index (χ4n) is 2.20. The second-order valence-electron chi connectivity index (χ2n) is 4.53. The molecule has 1 aliphatic rings. The van der Waals surface area contributed by atoms with Crippen LogP contribution in [0.3, 0.4) is 0 Å². The topological polar surface area (TPSA) is 89.7 Å². The van der Waals surface area contributed by atoms with E-state index >= 15 is 0 Å². The first-order chi connectivity index (χ1) is 10.7. The van der Waals surface area contributed by atoms with Gasteiger partial charge >= 0.3 is 0 Å². The predicted octanol–water partition coefficient (Wildman–Crippen LogP) is 2.97. The number of nitrogens with zero attached hydrogens (tertiary/aromatic N) is 2. The number of ketones is 1. The van der Waals surface area contributed by atoms with E-state index in [-0.39, 0.29) is 17.1 Å². The number of allylic oxidation sites excluding steroid dienone is 4. The molecule has 0 fully saturated rings. The van der Waals surface area contributed by atoms with Crippen LogP contribution in [0.4, 0.5) is 0 Å². The van der Waals surface area contributed by atoms with Gasteiger partial charge in [0.25, 0.3) is 0 Å². The third kappa shape index (κ3) is 2.17. The van der Waals surface area contributed by atoms with Crippen molar-refractivity contribution < 1.29 is 9.53 Å². The summed E-state index contributed by atoms with van der Waals surface area (Å²) < 4.78 is 5.63. The summed E-state index contributed by atoms with van der Waals surface area (Å²) in [6.45, 7) is 0. The quantitative estimate of drug-likeness (QED) is 0.679. The third-order valence-corrected chi connectivity index (χ3v) is 3.23. The number of nitriles is 2. The second-order valence-corrected chi connectivity index (χ2v) is 4.53. The maximum absolute atomic E-state index is 12.4. The van der Waals surface area contributed by atoms with E-state index in [2.05, 4.69) is 4.98 Å². The number of carbonyl (C=O) groups excluding carboxylic acids is 1. The van der Waals surface area contributed by atoms with Crippen molar-refractivity contribution >= 4 is 11.4 Å². The highest BCUT2D eigenvalue weighted by Crippen LogP contribution is 2.35. The molecule has 1 aromatic carbocycles. The van der Waals surface area contributed by atoms with Gasteiger partial charge in [-0.25, -0.2) is 0 Å². The van der Waals surface area contributed by atoms with Crippen molar-refractivity contribution in [2.24, 2.45) is 0 Å². The van der Waals surface area contributed by atoms with Gasteiger partial charge in [0.2, 0.25) is 5.78 Å². The van der Waals surface area contributed by atoms with Crippen LogP contribution in [0, 0.1) is 22.7 Å². The van der Waals surface area contributed by atoms with E-state index < -0.39 is 0 Å². The van der Waals surface area contributed by atoms with Gasteiger partial charge in [-0.05, 0) is 24.3 Å². The van der Waals surface area contributed by atoms with E-state index in [4.69, 9.17) is 15.3 Å². The summed E-state index contributed by atoms with van der Waals surface area (Å²) in [4.78, 5) is 15.2. The molecule has 1 aromatic heterocycles. The van der Waals surface area contributed by atoms with Crippen molar-refractivity contribution in [3.8, 4) is 17.9 Å². The lowest BCUT2D eigenvalue weighted by Crippen LogP contribution is -2.14. The number of nitrogens with one attached hydrogen (secondary N) is 1. The minimum absolute atomic E-state index is 0.0625. The van der Waals surface area contributed by atoms with Crippen LogP contribution >= 0.6 is 0 Å². The van der Waals surface area contributed by atoms with Crippen molar-refractivity contribution in [1.29, 1.82) is 10.5 Å². The predicted molar refractivity (Wildman–Crippen MR) is 78.4 cm³/mol. The number of rotatable bonds is 2. The molecule has 0 atom stereocenters. The highest BCUT2D eigenvalue weighted by Gasteiger charge is 2.24. The Bertz CT molecular complexity index is 875. The van der Waals surface area contributed by atoms with E-state index in [1.54, 1.807) is 42.6 Å². The molecule has 2 aromatic rings. The van der Waals surface area contributed by atoms with E-state index in [1.807, 2.05) is 12.1 Å². The molecule has 0 aliphatic carbocycles. The standard InChI is InChI=1S/C17H9N3O2/c18-9-11(10-19)13-8-16(17(21)14-5-3-7-20-14)22-15-6-2-1-4-12(13)15/h1-8,20H. The maximum atomic E-state index is 12.4. The van der Waals surface area contributed by atoms with Crippen molar-refractivity contribution in [2.45, 2.75) is 0 Å². The number of aromatic amines is 1. The summed E-state index contributed by atoms with van der Waals surface area (Å²) in [7, 11) is 0. The van der Waals surface area contributed by atoms with Crippen LogP contribution in [0.15, 0.2) is 60.0 Å². The van der Waals surface area contributed by atoms with Gasteiger partial charge in [0.1, 0.15) is 23.5 Å². The molecule has 22 heavy (non-hydrogen) atoms. The Morgan fingerprint density at radius 1 is 1.09 bits per heavy atom. The first-order valence-electron chi connectivity index (χ1n) is 6.46. The highest BCUT2D eigenvalue weighted by molar-refractivity contribution is 6.09. The zero-order chi connectivity index (χ0) is 15.5. The number of aromatic nitrogens is 1. The first-order valence-corrected chi connectivity index (χ1v) is 6.46. The van der Waals surface area contributed by atoms with Gasteiger partial charge in [0, 0.05) is 17.3 Å². The zero-order valence-corrected chi connectivity index (χ0v) is 11.3. The van der Waals surface area contributed by atoms with Gasteiger partial charge in [-0.3, -0.25) is 4.79 Å². The maximum Gasteiger partial charge on any atom is 0.244 e. The van der Waals surface area contributed by atoms with Crippen LogP contribution in [0.1, 0.15) is 16.1 Å². The van der Waals surface area contributed by atoms with Crippen LogP contribution in [0.2, 0.25) is 0 Å². The van der Waals surface area contributed by atoms with Gasteiger partial charge in [0.05, 0.1) is 5.69 Å². The minimum Gasteiger partial charge on any atom is -0.452 e. The molecule has 0 unspecified atom stereocenters. The molecule has 0 bridgehead atoms. The number of fused-ring (bicyclic) bond motifs is 1. The summed E-state index contributed by atoms with van der Waals surface area (Å²) in [5.41, 5.74) is 1.32. The Morgan fingerprint density at radius 3 is 2.55 bits per heavy atom. The van der Waals surface area contributed by atoms with Crippen molar-refractivity contribution in [2.75, 3.05) is 0 Å². The van der Waals surface area contributed by atoms with Crippen LogP contribution in [0.5, 0.6) is 5.75 Å². The van der Waals surface area contributed by atoms with Crippen molar-refractivity contribution in [3.05, 3.63) is 71.3 Å². The van der Waals surface area contributed by atoms with Gasteiger partial charge in [-0.15, -0.1) is 0 Å². The lowest BCUT2D eigenvalue weighted by molar-refractivity contribution is 0.0981. The van der Waals surface area contributed by atoms with Gasteiger partial charge in [-0.1, -0.05) is 18.2 Å². The molecule has 0 radical (unpaired) electrons. The molecule has 104 valence electrons. The monoisotopic (exact) mass is 287 g/mol. The molecule has 5 heteroatoms. The van der Waals surface area contributed by atoms with Crippen LogP contribution in [0.25, 0.3) is 5.57 Å². The lowest BCUT2D eigenvalue weighted by atomic mass is 9.96. The summed E-state index contributed by atoms with van der Waals surface area (Å²) in [5.74, 6) is 0.171. The first kappa shape index (κ1) is 13.4. The molecule has 0 saturated carbocycles. The molecule has 5 nitrogen and oxygen atoms in total. The van der Waals surface area contributed by atoms with E-state index in [0.29, 0.717) is 22.6 Å². The molecule has 0 spiro atoms. The van der Waals surface area contributed by atoms with E-state index in [1.165, 1.54) is 6.08 Å². The SMILES string of the molecule is N#CC(C#N)=C1C=C(C(=O)c2ccc[nH]2)Oc2ccccc21. The number of hydrogen-bond donors (Lipinski definition) is 1. The van der Waals surface area contributed by atoms with Gasteiger partial charge in [-0.2, -0.15) is 10.5 Å². The highest BCUT2D eigenvalue weighted by atomic mass is 16.5. The molecule has 0 saturated heterocycles. The minimum atomic E-state index is -0.341. The number of Topliss-reactive ketones (excluding diaryl/α,β-unsaturated/α-hetero) is 1. The fourth-order valence-corrected chi connectivity index (χ4v) is 2.20. The Morgan fingerprint density at radius 2 is 1.86 bits per heavy atom. The van der Waals surface area contributed by atoms with Gasteiger partial charge < -0.3 is 9.72 Å². The largest absolute Gasteiger partial charge is 0.452 e. The normalized spacial score (nSPS) is 12.3. The smallest absolute Gasteiger partial charge is 0.244 e. The summed E-state index contributed by atoms with van der Waals surface area (Å²) in [6.07, 6.45) is 3.07. The second kappa shape index (κ2) is 5.43. The van der Waals surface area contributed by atoms with E-state index in [0.717, 1.165) is 0 Å². The zero-order valence-electron chi connectivity index (χ0n) is 11.3. The van der Waals surface area contributed by atoms with E-state index in [9.17, 15) is 4.79 Å². The summed E-state index contributed by atoms with van der Waals surface area (Å²) in [6, 6.07) is 14.0. The Kier molecular flexibility index (Phi) is 3.31. The lowest BCUT2D eigenvalue weighted by Gasteiger charge is -2.19. The van der Waals surface area contributed by atoms with Crippen molar-refractivity contribution in [1.82, 2.24) is 4.98 Å². The Labute approximate surface area is 126 Å².